The minimum absolute atomic E-state index is 0.0640. The van der Waals surface area contributed by atoms with Crippen LogP contribution in [0.4, 0.5) is 0 Å². The number of rotatable bonds is 3. The van der Waals surface area contributed by atoms with Crippen molar-refractivity contribution < 1.29 is 0 Å². The number of benzene rings is 2. The normalized spacial score (nSPS) is 12.6. The second kappa shape index (κ2) is 7.78. The summed E-state index contributed by atoms with van der Waals surface area (Å²) >= 11 is 7.07. The van der Waals surface area contributed by atoms with Crippen LogP contribution < -0.4 is 15.7 Å². The van der Waals surface area contributed by atoms with Gasteiger partial charge in [-0.2, -0.15) is 14.6 Å². The third kappa shape index (κ3) is 4.20. The van der Waals surface area contributed by atoms with E-state index in [4.69, 9.17) is 11.6 Å². The summed E-state index contributed by atoms with van der Waals surface area (Å²) in [6.45, 7) is 6.47. The predicted octanol–water partition coefficient (Wildman–Crippen LogP) is 3.60. The number of hydrogen-bond acceptors (Lipinski definition) is 5. The largest absolute Gasteiger partial charge is 0.296 e. The fourth-order valence-corrected chi connectivity index (χ4v) is 4.11. The summed E-state index contributed by atoms with van der Waals surface area (Å²) in [5.41, 5.74) is 2.60. The summed E-state index contributed by atoms with van der Waals surface area (Å²) in [5, 5.41) is 4.91. The van der Waals surface area contributed by atoms with E-state index in [1.54, 1.807) is 18.2 Å². The van der Waals surface area contributed by atoms with E-state index >= 15 is 0 Å². The Labute approximate surface area is 182 Å². The minimum Gasteiger partial charge on any atom is -0.266 e. The zero-order valence-corrected chi connectivity index (χ0v) is 18.4. The highest BCUT2D eigenvalue weighted by molar-refractivity contribution is 7.15. The van der Waals surface area contributed by atoms with E-state index in [9.17, 15) is 9.59 Å². The van der Waals surface area contributed by atoms with Gasteiger partial charge in [0, 0.05) is 11.4 Å². The molecule has 0 N–H and O–H groups in total. The van der Waals surface area contributed by atoms with Crippen molar-refractivity contribution in [1.29, 1.82) is 0 Å². The van der Waals surface area contributed by atoms with Gasteiger partial charge in [0.25, 0.3) is 11.1 Å². The number of nitrogens with zero attached hydrogens (tertiary/aromatic N) is 3. The monoisotopic (exact) mass is 437 g/mol. The van der Waals surface area contributed by atoms with Crippen LogP contribution in [0.1, 0.15) is 43.2 Å². The maximum Gasteiger partial charge on any atom is 0.296 e. The molecule has 0 saturated carbocycles. The number of fused-ring (bicyclic) bond motifs is 1. The Morgan fingerprint density at radius 2 is 1.70 bits per heavy atom. The van der Waals surface area contributed by atoms with Crippen LogP contribution in [0.15, 0.2) is 58.1 Å². The number of aromatic nitrogens is 3. The van der Waals surface area contributed by atoms with Crippen LogP contribution in [0, 0.1) is 0 Å². The van der Waals surface area contributed by atoms with Crippen molar-refractivity contribution in [1.82, 2.24) is 14.6 Å². The molecule has 2 aromatic carbocycles. The van der Waals surface area contributed by atoms with Crippen molar-refractivity contribution in [2.24, 2.45) is 0 Å². The van der Waals surface area contributed by atoms with E-state index in [2.05, 4.69) is 43.0 Å². The Hall–Kier alpha value is -2.83. The molecule has 0 aliphatic heterocycles. The lowest BCUT2D eigenvalue weighted by Gasteiger charge is -2.18. The highest BCUT2D eigenvalue weighted by Crippen LogP contribution is 2.22. The van der Waals surface area contributed by atoms with E-state index in [0.29, 0.717) is 14.5 Å². The lowest BCUT2D eigenvalue weighted by atomic mass is 9.87. The smallest absolute Gasteiger partial charge is 0.266 e. The zero-order valence-electron chi connectivity index (χ0n) is 16.8. The fourth-order valence-electron chi connectivity index (χ4n) is 3.08. The van der Waals surface area contributed by atoms with Crippen molar-refractivity contribution in [3.8, 4) is 0 Å². The molecule has 0 aliphatic rings. The van der Waals surface area contributed by atoms with Crippen LogP contribution in [0.2, 0.25) is 5.02 Å². The van der Waals surface area contributed by atoms with Crippen LogP contribution in [-0.2, 0) is 11.8 Å². The highest BCUT2D eigenvalue weighted by Gasteiger charge is 2.14. The molecule has 4 rings (SSSR count). The first kappa shape index (κ1) is 20.4. The molecule has 30 heavy (non-hydrogen) atoms. The van der Waals surface area contributed by atoms with Gasteiger partial charge < -0.3 is 0 Å². The van der Waals surface area contributed by atoms with Crippen LogP contribution in [0.3, 0.4) is 0 Å². The van der Waals surface area contributed by atoms with Gasteiger partial charge in [-0.25, -0.2) is 0 Å². The van der Waals surface area contributed by atoms with Crippen LogP contribution in [0.25, 0.3) is 11.0 Å². The lowest BCUT2D eigenvalue weighted by molar-refractivity contribution is 0.590. The second-order valence-corrected chi connectivity index (χ2v) is 9.59. The molecule has 0 unspecified atom stereocenters. The molecule has 0 aliphatic carbocycles. The van der Waals surface area contributed by atoms with E-state index in [1.807, 2.05) is 24.3 Å². The molecule has 0 bridgehead atoms. The van der Waals surface area contributed by atoms with E-state index in [1.165, 1.54) is 10.1 Å². The SMILES string of the molecule is CC(C)(C)c1ccc(/C=c2\sc3nc(=O)c(Cc4ccc(Cl)cc4)nn3c2=O)cc1. The van der Waals surface area contributed by atoms with Gasteiger partial charge in [0.05, 0.1) is 4.53 Å². The summed E-state index contributed by atoms with van der Waals surface area (Å²) in [6, 6.07) is 15.3. The topological polar surface area (TPSA) is 64.3 Å². The summed E-state index contributed by atoms with van der Waals surface area (Å²) in [7, 11) is 0. The fraction of sp³-hybridized carbons (Fsp3) is 0.217. The predicted molar refractivity (Wildman–Crippen MR) is 122 cm³/mol. The average Bonchev–Trinajstić information content (AvgIpc) is 2.98. The van der Waals surface area contributed by atoms with E-state index in [0.717, 1.165) is 22.5 Å². The summed E-state index contributed by atoms with van der Waals surface area (Å²) in [5.74, 6) is 0. The van der Waals surface area contributed by atoms with Crippen molar-refractivity contribution in [3.05, 3.63) is 101 Å². The molecule has 0 radical (unpaired) electrons. The molecule has 2 heterocycles. The van der Waals surface area contributed by atoms with Gasteiger partial charge in [-0.1, -0.05) is 80.1 Å². The molecule has 4 aromatic rings. The van der Waals surface area contributed by atoms with Gasteiger partial charge >= 0.3 is 0 Å². The zero-order chi connectivity index (χ0) is 21.5. The number of halogens is 1. The maximum atomic E-state index is 12.8. The third-order valence-corrected chi connectivity index (χ3v) is 6.02. The maximum absolute atomic E-state index is 12.8. The molecule has 2 aromatic heterocycles. The molecule has 0 amide bonds. The Bertz CT molecular complexity index is 1380. The van der Waals surface area contributed by atoms with Crippen molar-refractivity contribution in [2.75, 3.05) is 0 Å². The Morgan fingerprint density at radius 1 is 1.03 bits per heavy atom. The van der Waals surface area contributed by atoms with Crippen LogP contribution in [0.5, 0.6) is 0 Å². The minimum atomic E-state index is -0.424. The number of hydrogen-bond donors (Lipinski definition) is 0. The van der Waals surface area contributed by atoms with Gasteiger partial charge in [0.15, 0.2) is 0 Å². The number of thiazole rings is 1. The van der Waals surface area contributed by atoms with E-state index < -0.39 is 5.56 Å². The Morgan fingerprint density at radius 3 is 2.33 bits per heavy atom. The van der Waals surface area contributed by atoms with Crippen molar-refractivity contribution in [3.63, 3.8) is 0 Å². The summed E-state index contributed by atoms with van der Waals surface area (Å²) in [4.78, 5) is 29.6. The first-order valence-electron chi connectivity index (χ1n) is 9.50. The van der Waals surface area contributed by atoms with E-state index in [-0.39, 0.29) is 23.1 Å². The molecule has 0 spiro atoms. The quantitative estimate of drug-likeness (QED) is 0.491. The molecule has 0 saturated heterocycles. The van der Waals surface area contributed by atoms with Gasteiger partial charge in [-0.05, 0) is 40.3 Å². The molecule has 0 fully saturated rings. The second-order valence-electron chi connectivity index (χ2n) is 8.15. The standard InChI is InChI=1S/C23H20ClN3O2S/c1-23(2,3)16-8-4-15(5-9-16)13-19-21(29)27-22(30-19)25-20(28)18(26-27)12-14-6-10-17(24)11-7-14/h4-11,13H,12H2,1-3H3/b19-13-. The first-order valence-corrected chi connectivity index (χ1v) is 10.7. The molecular weight excluding hydrogens is 418 g/mol. The van der Waals surface area contributed by atoms with Crippen molar-refractivity contribution >= 4 is 34.0 Å². The molecule has 152 valence electrons. The van der Waals surface area contributed by atoms with Gasteiger partial charge in [-0.3, -0.25) is 9.59 Å². The average molecular weight is 438 g/mol. The first-order chi connectivity index (χ1) is 14.2. The lowest BCUT2D eigenvalue weighted by Crippen LogP contribution is -2.28. The molecular formula is C23H20ClN3O2S. The van der Waals surface area contributed by atoms with Gasteiger partial charge in [-0.15, -0.1) is 0 Å². The summed E-state index contributed by atoms with van der Waals surface area (Å²) in [6.07, 6.45) is 2.09. The molecule has 0 atom stereocenters. The van der Waals surface area contributed by atoms with Gasteiger partial charge in [0.1, 0.15) is 5.69 Å². The Kier molecular flexibility index (Phi) is 5.30. The summed E-state index contributed by atoms with van der Waals surface area (Å²) < 4.78 is 1.70. The van der Waals surface area contributed by atoms with Gasteiger partial charge in [0.2, 0.25) is 4.96 Å². The highest BCUT2D eigenvalue weighted by atomic mass is 35.5. The molecule has 7 heteroatoms. The molecule has 5 nitrogen and oxygen atoms in total. The van der Waals surface area contributed by atoms with Crippen LogP contribution >= 0.6 is 22.9 Å². The third-order valence-electron chi connectivity index (χ3n) is 4.81. The van der Waals surface area contributed by atoms with Crippen LogP contribution in [-0.4, -0.2) is 14.6 Å². The van der Waals surface area contributed by atoms with Crippen molar-refractivity contribution in [2.45, 2.75) is 32.6 Å². The Balaban J connectivity index is 1.73.